The highest BCUT2D eigenvalue weighted by Crippen LogP contribution is 2.34. The predicted molar refractivity (Wildman–Crippen MR) is 61.2 cm³/mol. The first-order chi connectivity index (χ1) is 7.21. The van der Waals surface area contributed by atoms with E-state index in [1.54, 1.807) is 6.08 Å². The van der Waals surface area contributed by atoms with Crippen LogP contribution in [-0.4, -0.2) is 19.4 Å². The Balaban J connectivity index is 2.85. The van der Waals surface area contributed by atoms with E-state index in [2.05, 4.69) is 11.9 Å². The van der Waals surface area contributed by atoms with Gasteiger partial charge in [-0.1, -0.05) is 19.6 Å². The van der Waals surface area contributed by atoms with Crippen molar-refractivity contribution in [3.8, 4) is 0 Å². The zero-order valence-corrected chi connectivity index (χ0v) is 9.67. The van der Waals surface area contributed by atoms with Gasteiger partial charge in [0.1, 0.15) is 0 Å². The van der Waals surface area contributed by atoms with Gasteiger partial charge in [-0.3, -0.25) is 0 Å². The Hall–Kier alpha value is -1.22. The molecular weight excluding hydrogens is 190 g/mol. The first-order valence-electron chi connectivity index (χ1n) is 5.23. The minimum absolute atomic E-state index is 0.576. The molecule has 1 aliphatic rings. The summed E-state index contributed by atoms with van der Waals surface area (Å²) in [5.74, 6) is 0.891. The van der Waals surface area contributed by atoms with Crippen LogP contribution in [0.25, 0.3) is 0 Å². The number of ether oxygens (including phenoxy) is 2. The van der Waals surface area contributed by atoms with Gasteiger partial charge in [0.2, 0.25) is 0 Å². The largest absolute Gasteiger partial charge is 0.447 e. The summed E-state index contributed by atoms with van der Waals surface area (Å²) in [5.41, 5.74) is 0. The van der Waals surface area contributed by atoms with Gasteiger partial charge in [-0.05, 0) is 26.1 Å². The summed E-state index contributed by atoms with van der Waals surface area (Å²) in [6.07, 6.45) is 6.28. The molecule has 1 N–H and O–H groups in total. The molecular formula is C12H19NO2. The third kappa shape index (κ3) is 2.42. The smallest absolute Gasteiger partial charge is 0.263 e. The molecule has 0 aromatic carbocycles. The number of nitrogens with one attached hydrogen (secondary N) is 1. The van der Waals surface area contributed by atoms with Gasteiger partial charge >= 0.3 is 0 Å². The molecule has 0 aromatic heterocycles. The van der Waals surface area contributed by atoms with E-state index in [-0.39, 0.29) is 0 Å². The van der Waals surface area contributed by atoms with Crippen molar-refractivity contribution in [1.29, 1.82) is 0 Å². The highest BCUT2D eigenvalue weighted by Gasteiger charge is 2.39. The van der Waals surface area contributed by atoms with E-state index in [0.717, 1.165) is 12.2 Å². The maximum Gasteiger partial charge on any atom is 0.263 e. The normalized spacial score (nSPS) is 25.5. The molecule has 0 aliphatic carbocycles. The van der Waals surface area contributed by atoms with E-state index < -0.39 is 5.79 Å². The van der Waals surface area contributed by atoms with Gasteiger partial charge in [0.05, 0.1) is 6.54 Å². The Bertz CT molecular complexity index is 294. The first-order valence-corrected chi connectivity index (χ1v) is 5.23. The predicted octanol–water partition coefficient (Wildman–Crippen LogP) is 2.33. The van der Waals surface area contributed by atoms with Crippen molar-refractivity contribution >= 4 is 0 Å². The summed E-state index contributed by atoms with van der Waals surface area (Å²) in [6.45, 7) is 8.36. The molecule has 15 heavy (non-hydrogen) atoms. The van der Waals surface area contributed by atoms with Crippen LogP contribution >= 0.6 is 0 Å². The second kappa shape index (κ2) is 5.03. The van der Waals surface area contributed by atoms with Crippen LogP contribution in [0.2, 0.25) is 0 Å². The van der Waals surface area contributed by atoms with Gasteiger partial charge in [0, 0.05) is 6.42 Å². The quantitative estimate of drug-likeness (QED) is 0.754. The van der Waals surface area contributed by atoms with Gasteiger partial charge in [-0.2, -0.15) is 0 Å². The lowest BCUT2D eigenvalue weighted by molar-refractivity contribution is -0.147. The summed E-state index contributed by atoms with van der Waals surface area (Å²) >= 11 is 0. The van der Waals surface area contributed by atoms with Crippen molar-refractivity contribution in [2.24, 2.45) is 0 Å². The SMILES string of the molecule is C=CC1=C(/C=C\C)OC(CC)(CNC)O1. The molecule has 0 spiro atoms. The monoisotopic (exact) mass is 209 g/mol. The lowest BCUT2D eigenvalue weighted by Crippen LogP contribution is -2.40. The Morgan fingerprint density at radius 3 is 2.53 bits per heavy atom. The number of allylic oxidation sites excluding steroid dienone is 3. The van der Waals surface area contributed by atoms with Gasteiger partial charge < -0.3 is 14.8 Å². The molecule has 0 bridgehead atoms. The van der Waals surface area contributed by atoms with Crippen LogP contribution in [-0.2, 0) is 9.47 Å². The lowest BCUT2D eigenvalue weighted by atomic mass is 10.2. The molecule has 0 saturated heterocycles. The minimum atomic E-state index is -0.576. The molecule has 1 atom stereocenters. The molecule has 0 saturated carbocycles. The molecule has 0 aromatic rings. The van der Waals surface area contributed by atoms with E-state index >= 15 is 0 Å². The zero-order chi connectivity index (χ0) is 11.3. The fourth-order valence-corrected chi connectivity index (χ4v) is 1.54. The summed E-state index contributed by atoms with van der Waals surface area (Å²) in [5, 5.41) is 3.07. The maximum atomic E-state index is 5.82. The number of rotatable bonds is 5. The Morgan fingerprint density at radius 2 is 2.07 bits per heavy atom. The van der Waals surface area contributed by atoms with Crippen molar-refractivity contribution in [2.75, 3.05) is 13.6 Å². The molecule has 0 radical (unpaired) electrons. The van der Waals surface area contributed by atoms with Crippen LogP contribution in [0.4, 0.5) is 0 Å². The molecule has 1 aliphatic heterocycles. The van der Waals surface area contributed by atoms with Crippen molar-refractivity contribution in [3.05, 3.63) is 36.3 Å². The minimum Gasteiger partial charge on any atom is -0.447 e. The molecule has 1 unspecified atom stereocenters. The Morgan fingerprint density at radius 1 is 1.40 bits per heavy atom. The van der Waals surface area contributed by atoms with Crippen LogP contribution in [0.5, 0.6) is 0 Å². The Labute approximate surface area is 91.5 Å². The third-order valence-electron chi connectivity index (χ3n) is 2.32. The van der Waals surface area contributed by atoms with Gasteiger partial charge in [-0.15, -0.1) is 0 Å². The molecule has 84 valence electrons. The summed E-state index contributed by atoms with van der Waals surface area (Å²) in [6, 6.07) is 0. The molecule has 3 heteroatoms. The van der Waals surface area contributed by atoms with Gasteiger partial charge in [-0.25, -0.2) is 0 Å². The van der Waals surface area contributed by atoms with E-state index in [4.69, 9.17) is 9.47 Å². The van der Waals surface area contributed by atoms with Crippen LogP contribution in [0.15, 0.2) is 36.3 Å². The molecule has 1 rings (SSSR count). The maximum absolute atomic E-state index is 5.82. The lowest BCUT2D eigenvalue weighted by Gasteiger charge is -2.27. The standard InChI is InChI=1S/C12H19NO2/c1-5-8-11-10(6-2)14-12(7-3,15-11)9-13-4/h5-6,8,13H,2,7,9H2,1,3-4H3/b8-5-. The van der Waals surface area contributed by atoms with Crippen molar-refractivity contribution in [3.63, 3.8) is 0 Å². The van der Waals surface area contributed by atoms with Crippen LogP contribution in [0.3, 0.4) is 0 Å². The molecule has 0 amide bonds. The number of hydrogen-bond donors (Lipinski definition) is 1. The summed E-state index contributed by atoms with van der Waals surface area (Å²) in [4.78, 5) is 0. The van der Waals surface area contributed by atoms with Gasteiger partial charge in [0.15, 0.2) is 11.5 Å². The third-order valence-corrected chi connectivity index (χ3v) is 2.32. The van der Waals surface area contributed by atoms with Crippen molar-refractivity contribution in [2.45, 2.75) is 26.1 Å². The van der Waals surface area contributed by atoms with Crippen molar-refractivity contribution < 1.29 is 9.47 Å². The van der Waals surface area contributed by atoms with Gasteiger partial charge in [0.25, 0.3) is 5.79 Å². The summed E-state index contributed by atoms with van der Waals surface area (Å²) < 4.78 is 11.6. The number of hydrogen-bond acceptors (Lipinski definition) is 3. The van der Waals surface area contributed by atoms with Crippen LogP contribution in [0, 0.1) is 0 Å². The topological polar surface area (TPSA) is 30.5 Å². The fraction of sp³-hybridized carbons (Fsp3) is 0.500. The molecule has 0 fully saturated rings. The van der Waals surface area contributed by atoms with E-state index in [1.165, 1.54) is 0 Å². The highest BCUT2D eigenvalue weighted by molar-refractivity contribution is 5.27. The average Bonchev–Trinajstić information content (AvgIpc) is 2.59. The fourth-order valence-electron chi connectivity index (χ4n) is 1.54. The molecule has 3 nitrogen and oxygen atoms in total. The van der Waals surface area contributed by atoms with E-state index in [9.17, 15) is 0 Å². The average molecular weight is 209 g/mol. The first kappa shape index (κ1) is 11.9. The highest BCUT2D eigenvalue weighted by atomic mass is 16.7. The van der Waals surface area contributed by atoms with E-state index in [0.29, 0.717) is 12.3 Å². The van der Waals surface area contributed by atoms with E-state index in [1.807, 2.05) is 33.0 Å². The summed E-state index contributed by atoms with van der Waals surface area (Å²) in [7, 11) is 1.88. The molecule has 1 heterocycles. The number of likely N-dealkylation sites (N-methyl/N-ethyl adjacent to an activating group) is 1. The van der Waals surface area contributed by atoms with Crippen LogP contribution in [0.1, 0.15) is 20.3 Å². The zero-order valence-electron chi connectivity index (χ0n) is 9.67. The second-order valence-electron chi connectivity index (χ2n) is 3.43. The second-order valence-corrected chi connectivity index (χ2v) is 3.43. The van der Waals surface area contributed by atoms with Crippen LogP contribution < -0.4 is 5.32 Å². The van der Waals surface area contributed by atoms with Crippen molar-refractivity contribution in [1.82, 2.24) is 5.32 Å². The Kier molecular flexibility index (Phi) is 3.97.